The molecule has 0 aliphatic carbocycles. The van der Waals surface area contributed by atoms with E-state index in [4.69, 9.17) is 0 Å². The monoisotopic (exact) mass is 446 g/mol. The molecule has 1 aromatic carbocycles. The van der Waals surface area contributed by atoms with Crippen LogP contribution in [-0.4, -0.2) is 98.1 Å². The third kappa shape index (κ3) is 4.07. The number of aliphatic hydroxyl groups excluding tert-OH is 2. The minimum atomic E-state index is -1.25. The Hall–Kier alpha value is -2.98. The zero-order chi connectivity index (χ0) is 23.8. The molecule has 3 rings (SSSR count). The van der Waals surface area contributed by atoms with Crippen molar-refractivity contribution in [1.82, 2.24) is 19.6 Å². The molecule has 6 amide bonds. The first-order valence-electron chi connectivity index (χ1n) is 10.6. The number of hydrogen-bond donors (Lipinski definition) is 2. The van der Waals surface area contributed by atoms with E-state index in [1.54, 1.807) is 45.0 Å². The van der Waals surface area contributed by atoms with Crippen LogP contribution in [0.1, 0.15) is 38.8 Å². The van der Waals surface area contributed by atoms with Crippen LogP contribution in [0, 0.1) is 0 Å². The summed E-state index contributed by atoms with van der Waals surface area (Å²) in [5.41, 5.74) is -0.564. The Labute approximate surface area is 187 Å². The van der Waals surface area contributed by atoms with Crippen LogP contribution in [0.25, 0.3) is 0 Å². The molecule has 10 nitrogen and oxygen atoms in total. The fourth-order valence-corrected chi connectivity index (χ4v) is 4.08. The summed E-state index contributed by atoms with van der Waals surface area (Å²) in [7, 11) is 1.52. The van der Waals surface area contributed by atoms with Gasteiger partial charge in [-0.05, 0) is 25.8 Å². The smallest absolute Gasteiger partial charge is 0.327 e. The van der Waals surface area contributed by atoms with Gasteiger partial charge in [0.2, 0.25) is 0 Å². The van der Waals surface area contributed by atoms with Crippen LogP contribution in [0.4, 0.5) is 9.59 Å². The summed E-state index contributed by atoms with van der Waals surface area (Å²) in [5.74, 6) is -0.932. The van der Waals surface area contributed by atoms with E-state index >= 15 is 0 Å². The van der Waals surface area contributed by atoms with Crippen molar-refractivity contribution in [2.45, 2.75) is 51.0 Å². The molecule has 1 aromatic rings. The first-order chi connectivity index (χ1) is 15.0. The third-order valence-electron chi connectivity index (χ3n) is 6.09. The lowest BCUT2D eigenvalue weighted by atomic mass is 10.0. The maximum Gasteiger partial charge on any atom is 0.327 e. The highest BCUT2D eigenvalue weighted by Crippen LogP contribution is 2.31. The number of nitrogens with zero attached hydrogens (tertiary/aromatic N) is 4. The van der Waals surface area contributed by atoms with Crippen LogP contribution in [0.3, 0.4) is 0 Å². The largest absolute Gasteiger partial charge is 0.391 e. The van der Waals surface area contributed by atoms with Crippen LogP contribution >= 0.6 is 0 Å². The number of amides is 6. The molecule has 32 heavy (non-hydrogen) atoms. The van der Waals surface area contributed by atoms with Gasteiger partial charge in [-0.3, -0.25) is 19.4 Å². The van der Waals surface area contributed by atoms with Gasteiger partial charge < -0.3 is 20.0 Å². The van der Waals surface area contributed by atoms with Gasteiger partial charge in [-0.25, -0.2) is 9.59 Å². The van der Waals surface area contributed by atoms with Crippen LogP contribution in [0.15, 0.2) is 30.3 Å². The second kappa shape index (κ2) is 8.87. The molecule has 2 saturated heterocycles. The van der Waals surface area contributed by atoms with Gasteiger partial charge in [0.15, 0.2) is 0 Å². The van der Waals surface area contributed by atoms with Crippen LogP contribution in [0.5, 0.6) is 0 Å². The van der Waals surface area contributed by atoms with E-state index in [9.17, 15) is 29.4 Å². The first kappa shape index (κ1) is 23.7. The number of hydrogen-bond acceptors (Lipinski definition) is 6. The van der Waals surface area contributed by atoms with Gasteiger partial charge in [-0.1, -0.05) is 37.3 Å². The van der Waals surface area contributed by atoms with E-state index in [1.165, 1.54) is 16.8 Å². The van der Waals surface area contributed by atoms with Gasteiger partial charge in [0.25, 0.3) is 11.8 Å². The molecule has 3 atom stereocenters. The summed E-state index contributed by atoms with van der Waals surface area (Å²) in [5, 5.41) is 20.5. The lowest BCUT2D eigenvalue weighted by molar-refractivity contribution is -0.133. The molecule has 2 N–H and O–H groups in total. The molecule has 0 bridgehead atoms. The van der Waals surface area contributed by atoms with E-state index < -0.39 is 47.7 Å². The molecule has 0 saturated carbocycles. The number of imide groups is 2. The van der Waals surface area contributed by atoms with Crippen molar-refractivity contribution in [2.75, 3.05) is 26.7 Å². The molecular formula is C22H30N4O6. The molecule has 2 aliphatic rings. The van der Waals surface area contributed by atoms with Crippen LogP contribution in [-0.2, 0) is 9.59 Å². The van der Waals surface area contributed by atoms with E-state index in [2.05, 4.69) is 0 Å². The first-order valence-corrected chi connectivity index (χ1v) is 10.6. The van der Waals surface area contributed by atoms with Crippen molar-refractivity contribution in [1.29, 1.82) is 0 Å². The number of rotatable bonds is 8. The summed E-state index contributed by atoms with van der Waals surface area (Å²) < 4.78 is 0. The summed E-state index contributed by atoms with van der Waals surface area (Å²) in [6, 6.07) is 6.92. The predicted molar refractivity (Wildman–Crippen MR) is 114 cm³/mol. The number of benzene rings is 1. The topological polar surface area (TPSA) is 122 Å². The van der Waals surface area contributed by atoms with Gasteiger partial charge in [-0.2, -0.15) is 0 Å². The SMILES string of the molecule is CCC(O)CN1C(=O)N(CC(O)CN2C(=O)C(c3ccccc3)N(C)C2=O)C(C)(C)C1=O. The molecule has 2 fully saturated rings. The van der Waals surface area contributed by atoms with E-state index in [-0.39, 0.29) is 19.6 Å². The molecule has 0 spiro atoms. The Bertz CT molecular complexity index is 905. The van der Waals surface area contributed by atoms with Crippen LogP contribution in [0.2, 0.25) is 0 Å². The molecule has 10 heteroatoms. The fourth-order valence-electron chi connectivity index (χ4n) is 4.08. The maximum atomic E-state index is 12.9. The van der Waals surface area contributed by atoms with Crippen molar-refractivity contribution in [3.05, 3.63) is 35.9 Å². The number of urea groups is 2. The lowest BCUT2D eigenvalue weighted by Gasteiger charge is -2.30. The Morgan fingerprint density at radius 3 is 2.09 bits per heavy atom. The molecule has 174 valence electrons. The average molecular weight is 447 g/mol. The molecule has 2 aliphatic heterocycles. The Kier molecular flexibility index (Phi) is 6.56. The minimum absolute atomic E-state index is 0.128. The molecule has 3 unspecified atom stereocenters. The average Bonchev–Trinajstić information content (AvgIpc) is 3.06. The number of carbonyl (C=O) groups is 4. The van der Waals surface area contributed by atoms with Crippen molar-refractivity contribution < 1.29 is 29.4 Å². The Morgan fingerprint density at radius 2 is 1.50 bits per heavy atom. The van der Waals surface area contributed by atoms with Gasteiger partial charge >= 0.3 is 12.1 Å². The van der Waals surface area contributed by atoms with E-state index in [0.29, 0.717) is 12.0 Å². The maximum absolute atomic E-state index is 12.9. The number of likely N-dealkylation sites (N-methyl/N-ethyl adjacent to an activating group) is 1. The van der Waals surface area contributed by atoms with Gasteiger partial charge in [0.05, 0.1) is 31.8 Å². The molecular weight excluding hydrogens is 416 g/mol. The molecule has 0 radical (unpaired) electrons. The third-order valence-corrected chi connectivity index (χ3v) is 6.09. The summed E-state index contributed by atoms with van der Waals surface area (Å²) in [6.07, 6.45) is -1.71. The Balaban J connectivity index is 1.71. The fraction of sp³-hybridized carbons (Fsp3) is 0.545. The Morgan fingerprint density at radius 1 is 0.906 bits per heavy atom. The van der Waals surface area contributed by atoms with Crippen molar-refractivity contribution in [3.8, 4) is 0 Å². The van der Waals surface area contributed by atoms with Crippen molar-refractivity contribution in [3.63, 3.8) is 0 Å². The number of carbonyl (C=O) groups excluding carboxylic acids is 4. The summed E-state index contributed by atoms with van der Waals surface area (Å²) >= 11 is 0. The highest BCUT2D eigenvalue weighted by atomic mass is 16.3. The molecule has 0 aromatic heterocycles. The zero-order valence-electron chi connectivity index (χ0n) is 18.8. The normalized spacial score (nSPS) is 22.9. The highest BCUT2D eigenvalue weighted by molar-refractivity contribution is 6.06. The summed E-state index contributed by atoms with van der Waals surface area (Å²) in [6.45, 7) is 4.18. The quantitative estimate of drug-likeness (QED) is 0.570. The number of β-amino-alcohol motifs (C(OH)–C–C–N with tert-alkyl or cyclic N) is 2. The van der Waals surface area contributed by atoms with E-state index in [1.807, 2.05) is 6.07 Å². The standard InChI is InChI=1S/C22H30N4O6/c1-5-15(27)11-25-19(30)22(2,3)26(21(25)32)13-16(28)12-24-18(29)17(23(4)20(24)31)14-9-7-6-8-10-14/h6-10,15-17,27-28H,5,11-13H2,1-4H3. The lowest BCUT2D eigenvalue weighted by Crippen LogP contribution is -2.50. The minimum Gasteiger partial charge on any atom is -0.391 e. The van der Waals surface area contributed by atoms with Gasteiger partial charge in [0.1, 0.15) is 11.6 Å². The molecule has 2 heterocycles. The second-order valence-electron chi connectivity index (χ2n) is 8.74. The number of aliphatic hydroxyl groups is 2. The van der Waals surface area contributed by atoms with Crippen molar-refractivity contribution >= 4 is 23.9 Å². The highest BCUT2D eigenvalue weighted by Gasteiger charge is 2.52. The van der Waals surface area contributed by atoms with Crippen molar-refractivity contribution in [2.24, 2.45) is 0 Å². The van der Waals surface area contributed by atoms with Gasteiger partial charge in [0, 0.05) is 7.05 Å². The van der Waals surface area contributed by atoms with Crippen LogP contribution < -0.4 is 0 Å². The van der Waals surface area contributed by atoms with E-state index in [0.717, 1.165) is 9.80 Å². The van der Waals surface area contributed by atoms with Gasteiger partial charge in [-0.15, -0.1) is 0 Å². The summed E-state index contributed by atoms with van der Waals surface area (Å²) in [4.78, 5) is 55.6. The predicted octanol–water partition coefficient (Wildman–Crippen LogP) is 0.796. The zero-order valence-corrected chi connectivity index (χ0v) is 18.8. The second-order valence-corrected chi connectivity index (χ2v) is 8.74.